The van der Waals surface area contributed by atoms with Crippen molar-refractivity contribution in [2.24, 2.45) is 0 Å². The van der Waals surface area contributed by atoms with Crippen LogP contribution >= 0.6 is 43.2 Å². The first-order valence-corrected chi connectivity index (χ1v) is 8.74. The summed E-state index contributed by atoms with van der Waals surface area (Å²) in [6.45, 7) is 4.33. The monoisotopic (exact) mass is 395 g/mol. The van der Waals surface area contributed by atoms with Gasteiger partial charge in [-0.3, -0.25) is 4.79 Å². The lowest BCUT2D eigenvalue weighted by molar-refractivity contribution is 0.0932. The molecular formula is C13H19Br2NOS. The number of hydrogen-bond donors (Lipinski definition) is 1. The molecule has 1 rings (SSSR count). The maximum atomic E-state index is 12.2. The maximum Gasteiger partial charge on any atom is 0.253 e. The van der Waals surface area contributed by atoms with E-state index in [1.54, 1.807) is 0 Å². The molecule has 102 valence electrons. The molecule has 1 heterocycles. The Balaban J connectivity index is 2.62. The van der Waals surface area contributed by atoms with Gasteiger partial charge < -0.3 is 5.32 Å². The molecule has 1 aromatic heterocycles. The Hall–Kier alpha value is 0.130. The Morgan fingerprint density at radius 2 is 2.06 bits per heavy atom. The molecule has 18 heavy (non-hydrogen) atoms. The lowest BCUT2D eigenvalue weighted by atomic mass is 10.0. The van der Waals surface area contributed by atoms with Crippen LogP contribution in [0.1, 0.15) is 56.3 Å². The van der Waals surface area contributed by atoms with Gasteiger partial charge in [0.25, 0.3) is 5.91 Å². The van der Waals surface area contributed by atoms with Crippen molar-refractivity contribution in [1.82, 2.24) is 5.32 Å². The Kier molecular flexibility index (Phi) is 7.49. The third-order valence-corrected chi connectivity index (χ3v) is 5.12. The highest BCUT2D eigenvalue weighted by Crippen LogP contribution is 2.31. The van der Waals surface area contributed by atoms with Gasteiger partial charge in [-0.2, -0.15) is 0 Å². The molecule has 2 nitrogen and oxygen atoms in total. The van der Waals surface area contributed by atoms with Crippen LogP contribution in [0.4, 0.5) is 0 Å². The van der Waals surface area contributed by atoms with E-state index in [1.807, 2.05) is 6.07 Å². The maximum absolute atomic E-state index is 12.2. The van der Waals surface area contributed by atoms with Gasteiger partial charge in [0.05, 0.1) is 13.1 Å². The van der Waals surface area contributed by atoms with Gasteiger partial charge in [0.1, 0.15) is 0 Å². The van der Waals surface area contributed by atoms with E-state index in [9.17, 15) is 4.79 Å². The average molecular weight is 397 g/mol. The van der Waals surface area contributed by atoms with Crippen molar-refractivity contribution in [3.63, 3.8) is 0 Å². The molecule has 0 aromatic carbocycles. The largest absolute Gasteiger partial charge is 0.349 e. The highest BCUT2D eigenvalue weighted by atomic mass is 79.9. The Bertz CT molecular complexity index is 392. The van der Waals surface area contributed by atoms with Crippen LogP contribution in [-0.2, 0) is 0 Å². The molecule has 1 N–H and O–H groups in total. The molecule has 0 fully saturated rings. The minimum atomic E-state index is 0.0263. The molecule has 1 atom stereocenters. The predicted molar refractivity (Wildman–Crippen MR) is 85.4 cm³/mol. The molecule has 0 aliphatic heterocycles. The fraction of sp³-hybridized carbons (Fsp3) is 0.615. The van der Waals surface area contributed by atoms with Crippen molar-refractivity contribution >= 4 is 49.1 Å². The highest BCUT2D eigenvalue weighted by Gasteiger charge is 2.17. The van der Waals surface area contributed by atoms with E-state index in [2.05, 4.69) is 51.0 Å². The number of thiophene rings is 1. The van der Waals surface area contributed by atoms with Gasteiger partial charge in [-0.15, -0.1) is 11.3 Å². The predicted octanol–water partition coefficient (Wildman–Crippen LogP) is 5.36. The summed E-state index contributed by atoms with van der Waals surface area (Å²) in [6.07, 6.45) is 5.56. The number of hydrogen-bond acceptors (Lipinski definition) is 2. The van der Waals surface area contributed by atoms with E-state index in [1.165, 1.54) is 24.2 Å². The standard InChI is InChI=1S/C13H19Br2NOS/c1-3-5-7-9(6-4-2)16-13(17)10-8-11(14)18-12(10)15/h8-9H,3-7H2,1-2H3,(H,16,17). The van der Waals surface area contributed by atoms with Crippen molar-refractivity contribution in [2.75, 3.05) is 0 Å². The molecule has 0 aliphatic carbocycles. The molecule has 1 amide bonds. The molecule has 0 radical (unpaired) electrons. The second kappa shape index (κ2) is 8.33. The van der Waals surface area contributed by atoms with Gasteiger partial charge in [0, 0.05) is 6.04 Å². The van der Waals surface area contributed by atoms with Crippen molar-refractivity contribution < 1.29 is 4.79 Å². The van der Waals surface area contributed by atoms with Crippen LogP contribution in [0.3, 0.4) is 0 Å². The molecule has 5 heteroatoms. The Labute approximate surface area is 130 Å². The fourth-order valence-electron chi connectivity index (χ4n) is 1.85. The number of unbranched alkanes of at least 4 members (excludes halogenated alkanes) is 1. The van der Waals surface area contributed by atoms with Crippen LogP contribution in [0, 0.1) is 0 Å². The summed E-state index contributed by atoms with van der Waals surface area (Å²) in [7, 11) is 0. The zero-order valence-corrected chi connectivity index (χ0v) is 14.8. The van der Waals surface area contributed by atoms with Crippen molar-refractivity contribution in [3.05, 3.63) is 19.2 Å². The minimum absolute atomic E-state index is 0.0263. The van der Waals surface area contributed by atoms with Crippen LogP contribution in [0.5, 0.6) is 0 Å². The van der Waals surface area contributed by atoms with Gasteiger partial charge in [-0.1, -0.05) is 33.1 Å². The smallest absolute Gasteiger partial charge is 0.253 e. The lowest BCUT2D eigenvalue weighted by Crippen LogP contribution is -2.34. The molecule has 0 saturated carbocycles. The van der Waals surface area contributed by atoms with Gasteiger partial charge in [0.2, 0.25) is 0 Å². The lowest BCUT2D eigenvalue weighted by Gasteiger charge is -2.17. The topological polar surface area (TPSA) is 29.1 Å². The summed E-state index contributed by atoms with van der Waals surface area (Å²) in [5, 5.41) is 3.14. The zero-order valence-electron chi connectivity index (χ0n) is 10.8. The molecule has 0 bridgehead atoms. The summed E-state index contributed by atoms with van der Waals surface area (Å²) in [6, 6.07) is 2.17. The van der Waals surface area contributed by atoms with Gasteiger partial charge in [-0.05, 0) is 50.8 Å². The molecule has 1 aromatic rings. The second-order valence-electron chi connectivity index (χ2n) is 4.34. The first kappa shape index (κ1) is 16.2. The molecule has 0 aliphatic rings. The normalized spacial score (nSPS) is 12.4. The van der Waals surface area contributed by atoms with Gasteiger partial charge in [-0.25, -0.2) is 0 Å². The summed E-state index contributed by atoms with van der Waals surface area (Å²) >= 11 is 8.35. The van der Waals surface area contributed by atoms with Gasteiger partial charge >= 0.3 is 0 Å². The van der Waals surface area contributed by atoms with Crippen LogP contribution in [0.15, 0.2) is 13.6 Å². The number of nitrogens with one attached hydrogen (secondary N) is 1. The molecule has 0 saturated heterocycles. The Morgan fingerprint density at radius 3 is 2.56 bits per heavy atom. The minimum Gasteiger partial charge on any atom is -0.349 e. The highest BCUT2D eigenvalue weighted by molar-refractivity contribution is 9.12. The van der Waals surface area contributed by atoms with Crippen LogP contribution in [0.2, 0.25) is 0 Å². The van der Waals surface area contributed by atoms with Crippen molar-refractivity contribution in [3.8, 4) is 0 Å². The number of halogens is 2. The number of carbonyl (C=O) groups is 1. The summed E-state index contributed by atoms with van der Waals surface area (Å²) in [5.74, 6) is 0.0263. The SMILES string of the molecule is CCCCC(CCC)NC(=O)c1cc(Br)sc1Br. The van der Waals surface area contributed by atoms with E-state index >= 15 is 0 Å². The first-order chi connectivity index (χ1) is 8.58. The summed E-state index contributed by atoms with van der Waals surface area (Å²) < 4.78 is 1.86. The second-order valence-corrected chi connectivity index (χ2v) is 8.09. The van der Waals surface area contributed by atoms with E-state index < -0.39 is 0 Å². The zero-order chi connectivity index (χ0) is 13.5. The number of rotatable bonds is 7. The molecular weight excluding hydrogens is 378 g/mol. The average Bonchev–Trinajstić information content (AvgIpc) is 2.65. The number of amides is 1. The van der Waals surface area contributed by atoms with E-state index in [4.69, 9.17) is 0 Å². The van der Waals surface area contributed by atoms with E-state index in [0.717, 1.165) is 32.4 Å². The van der Waals surface area contributed by atoms with Crippen LogP contribution in [0.25, 0.3) is 0 Å². The van der Waals surface area contributed by atoms with E-state index in [-0.39, 0.29) is 5.91 Å². The molecule has 1 unspecified atom stereocenters. The van der Waals surface area contributed by atoms with E-state index in [0.29, 0.717) is 6.04 Å². The van der Waals surface area contributed by atoms with Crippen molar-refractivity contribution in [2.45, 2.75) is 52.0 Å². The summed E-state index contributed by atoms with van der Waals surface area (Å²) in [5.41, 5.74) is 0.726. The van der Waals surface area contributed by atoms with Crippen molar-refractivity contribution in [1.29, 1.82) is 0 Å². The molecule has 0 spiro atoms. The fourth-order valence-corrected chi connectivity index (χ4v) is 4.64. The third kappa shape index (κ3) is 5.02. The van der Waals surface area contributed by atoms with Crippen LogP contribution < -0.4 is 5.32 Å². The van der Waals surface area contributed by atoms with Crippen LogP contribution in [-0.4, -0.2) is 11.9 Å². The Morgan fingerprint density at radius 1 is 1.33 bits per heavy atom. The number of carbonyl (C=O) groups excluding carboxylic acids is 1. The first-order valence-electron chi connectivity index (χ1n) is 6.34. The quantitative estimate of drug-likeness (QED) is 0.660. The summed E-state index contributed by atoms with van der Waals surface area (Å²) in [4.78, 5) is 12.2. The third-order valence-electron chi connectivity index (χ3n) is 2.78. The van der Waals surface area contributed by atoms with Gasteiger partial charge in [0.15, 0.2) is 0 Å².